The SMILES string of the molecule is CCNc1nc(N(C)Cc2ccoc2C)c(F)cc1F. The molecule has 2 aromatic heterocycles. The minimum absolute atomic E-state index is 0.0552. The van der Waals surface area contributed by atoms with Crippen molar-refractivity contribution in [2.45, 2.75) is 20.4 Å². The largest absolute Gasteiger partial charge is 0.469 e. The molecule has 0 spiro atoms. The van der Waals surface area contributed by atoms with Crippen LogP contribution in [-0.2, 0) is 6.54 Å². The maximum Gasteiger partial charge on any atom is 0.168 e. The number of furan rings is 1. The number of nitrogens with zero attached hydrogens (tertiary/aromatic N) is 2. The summed E-state index contributed by atoms with van der Waals surface area (Å²) in [5.74, 6) is -0.456. The Bertz CT molecular complexity index is 598. The van der Waals surface area contributed by atoms with E-state index in [2.05, 4.69) is 10.3 Å². The highest BCUT2D eigenvalue weighted by molar-refractivity contribution is 5.49. The van der Waals surface area contributed by atoms with E-state index in [1.54, 1.807) is 18.2 Å². The molecule has 2 heterocycles. The van der Waals surface area contributed by atoms with Crippen LogP contribution in [0.25, 0.3) is 0 Å². The van der Waals surface area contributed by atoms with Gasteiger partial charge in [-0.15, -0.1) is 0 Å². The number of aryl methyl sites for hydroxylation is 1. The average molecular weight is 281 g/mol. The molecule has 0 fully saturated rings. The van der Waals surface area contributed by atoms with E-state index < -0.39 is 11.6 Å². The van der Waals surface area contributed by atoms with Crippen LogP contribution >= 0.6 is 0 Å². The van der Waals surface area contributed by atoms with Crippen LogP contribution in [0.4, 0.5) is 20.4 Å². The Balaban J connectivity index is 2.27. The molecule has 0 aliphatic rings. The zero-order chi connectivity index (χ0) is 14.7. The van der Waals surface area contributed by atoms with Crippen molar-refractivity contribution in [3.63, 3.8) is 0 Å². The lowest BCUT2D eigenvalue weighted by Crippen LogP contribution is -2.20. The van der Waals surface area contributed by atoms with Gasteiger partial charge in [-0.25, -0.2) is 13.8 Å². The summed E-state index contributed by atoms with van der Waals surface area (Å²) in [5.41, 5.74) is 0.933. The predicted octanol–water partition coefficient (Wildman–Crippen LogP) is 3.33. The van der Waals surface area contributed by atoms with Crippen LogP contribution in [0.5, 0.6) is 0 Å². The van der Waals surface area contributed by atoms with Crippen LogP contribution < -0.4 is 10.2 Å². The van der Waals surface area contributed by atoms with Gasteiger partial charge >= 0.3 is 0 Å². The Morgan fingerprint density at radius 2 is 2.10 bits per heavy atom. The number of nitrogens with one attached hydrogen (secondary N) is 1. The Labute approximate surface area is 116 Å². The second-order valence-corrected chi connectivity index (χ2v) is 4.51. The van der Waals surface area contributed by atoms with Gasteiger partial charge in [-0.05, 0) is 19.9 Å². The van der Waals surface area contributed by atoms with Crippen LogP contribution in [0.15, 0.2) is 22.8 Å². The van der Waals surface area contributed by atoms with E-state index in [4.69, 9.17) is 4.42 Å². The van der Waals surface area contributed by atoms with Crippen molar-refractivity contribution in [2.24, 2.45) is 0 Å². The lowest BCUT2D eigenvalue weighted by Gasteiger charge is -2.19. The van der Waals surface area contributed by atoms with Crippen molar-refractivity contribution >= 4 is 11.6 Å². The molecule has 4 nitrogen and oxygen atoms in total. The Morgan fingerprint density at radius 1 is 1.35 bits per heavy atom. The smallest absolute Gasteiger partial charge is 0.168 e. The molecular weight excluding hydrogens is 264 g/mol. The third-order valence-electron chi connectivity index (χ3n) is 2.99. The van der Waals surface area contributed by atoms with Crippen molar-refractivity contribution in [1.29, 1.82) is 0 Å². The first-order valence-electron chi connectivity index (χ1n) is 6.37. The average Bonchev–Trinajstić information content (AvgIpc) is 2.78. The molecular formula is C14H17F2N3O. The van der Waals surface area contributed by atoms with Gasteiger partial charge in [0, 0.05) is 31.8 Å². The van der Waals surface area contributed by atoms with Gasteiger partial charge in [-0.2, -0.15) is 0 Å². The predicted molar refractivity (Wildman–Crippen MR) is 73.9 cm³/mol. The Morgan fingerprint density at radius 3 is 2.70 bits per heavy atom. The van der Waals surface area contributed by atoms with E-state index >= 15 is 0 Å². The van der Waals surface area contributed by atoms with Gasteiger partial charge in [-0.3, -0.25) is 0 Å². The van der Waals surface area contributed by atoms with Crippen molar-refractivity contribution in [2.75, 3.05) is 23.8 Å². The van der Waals surface area contributed by atoms with Gasteiger partial charge in [0.05, 0.1) is 6.26 Å². The summed E-state index contributed by atoms with van der Waals surface area (Å²) in [6.45, 7) is 4.60. The molecule has 108 valence electrons. The van der Waals surface area contributed by atoms with Crippen LogP contribution in [0.3, 0.4) is 0 Å². The first kappa shape index (κ1) is 14.3. The fraction of sp³-hybridized carbons (Fsp3) is 0.357. The van der Waals surface area contributed by atoms with E-state index in [1.807, 2.05) is 19.9 Å². The quantitative estimate of drug-likeness (QED) is 0.912. The van der Waals surface area contributed by atoms with Gasteiger partial charge in [0.2, 0.25) is 0 Å². The highest BCUT2D eigenvalue weighted by Gasteiger charge is 2.16. The second-order valence-electron chi connectivity index (χ2n) is 4.51. The van der Waals surface area contributed by atoms with Crippen molar-refractivity contribution < 1.29 is 13.2 Å². The summed E-state index contributed by atoms with van der Waals surface area (Å²) in [7, 11) is 1.70. The van der Waals surface area contributed by atoms with Crippen molar-refractivity contribution in [3.05, 3.63) is 41.4 Å². The first-order valence-corrected chi connectivity index (χ1v) is 6.37. The highest BCUT2D eigenvalue weighted by Crippen LogP contribution is 2.23. The number of anilines is 2. The Hall–Kier alpha value is -2.11. The number of rotatable bonds is 5. The van der Waals surface area contributed by atoms with E-state index in [1.165, 1.54) is 0 Å². The van der Waals surface area contributed by atoms with Gasteiger partial charge < -0.3 is 14.6 Å². The molecule has 2 rings (SSSR count). The third kappa shape index (κ3) is 2.89. The van der Waals surface area contributed by atoms with Crippen LogP contribution in [0, 0.1) is 18.6 Å². The van der Waals surface area contributed by atoms with E-state index in [9.17, 15) is 8.78 Å². The first-order chi connectivity index (χ1) is 9.52. The minimum atomic E-state index is -0.694. The molecule has 0 saturated carbocycles. The number of hydrogen-bond donors (Lipinski definition) is 1. The molecule has 0 saturated heterocycles. The molecule has 0 aliphatic carbocycles. The second kappa shape index (κ2) is 5.90. The molecule has 0 atom stereocenters. The standard InChI is InChI=1S/C14H17F2N3O/c1-4-17-13-11(15)7-12(16)14(18-13)19(3)8-10-5-6-20-9(10)2/h5-7H,4,8H2,1-3H3,(H,17,18). The number of hydrogen-bond acceptors (Lipinski definition) is 4. The number of aromatic nitrogens is 1. The summed E-state index contributed by atoms with van der Waals surface area (Å²) in [6.07, 6.45) is 1.58. The zero-order valence-electron chi connectivity index (χ0n) is 11.7. The normalized spacial score (nSPS) is 10.7. The minimum Gasteiger partial charge on any atom is -0.469 e. The van der Waals surface area contributed by atoms with Crippen molar-refractivity contribution in [3.8, 4) is 0 Å². The number of halogens is 2. The summed E-state index contributed by atoms with van der Waals surface area (Å²) >= 11 is 0. The van der Waals surface area contributed by atoms with E-state index in [0.29, 0.717) is 13.1 Å². The summed E-state index contributed by atoms with van der Waals surface area (Å²) in [4.78, 5) is 5.62. The molecule has 0 aliphatic heterocycles. The molecule has 2 aromatic rings. The molecule has 0 amide bonds. The zero-order valence-corrected chi connectivity index (χ0v) is 11.7. The molecule has 0 unspecified atom stereocenters. The molecule has 6 heteroatoms. The summed E-state index contributed by atoms with van der Waals surface area (Å²) in [5, 5.41) is 2.77. The molecule has 1 N–H and O–H groups in total. The van der Waals surface area contributed by atoms with Crippen molar-refractivity contribution in [1.82, 2.24) is 4.98 Å². The van der Waals surface area contributed by atoms with Gasteiger partial charge in [-0.1, -0.05) is 0 Å². The molecule has 0 bridgehead atoms. The molecule has 0 radical (unpaired) electrons. The third-order valence-corrected chi connectivity index (χ3v) is 2.99. The van der Waals surface area contributed by atoms with E-state index in [0.717, 1.165) is 17.4 Å². The van der Waals surface area contributed by atoms with Crippen LogP contribution in [0.2, 0.25) is 0 Å². The highest BCUT2D eigenvalue weighted by atomic mass is 19.1. The lowest BCUT2D eigenvalue weighted by atomic mass is 10.2. The summed E-state index contributed by atoms with van der Waals surface area (Å²) in [6, 6.07) is 2.66. The molecule has 20 heavy (non-hydrogen) atoms. The maximum absolute atomic E-state index is 13.9. The van der Waals surface area contributed by atoms with Crippen LogP contribution in [-0.4, -0.2) is 18.6 Å². The molecule has 0 aromatic carbocycles. The fourth-order valence-electron chi connectivity index (χ4n) is 1.92. The van der Waals surface area contributed by atoms with E-state index in [-0.39, 0.29) is 11.6 Å². The number of pyridine rings is 1. The van der Waals surface area contributed by atoms with Gasteiger partial charge in [0.25, 0.3) is 0 Å². The maximum atomic E-state index is 13.9. The topological polar surface area (TPSA) is 41.3 Å². The monoisotopic (exact) mass is 281 g/mol. The lowest BCUT2D eigenvalue weighted by molar-refractivity contribution is 0.528. The fourth-order valence-corrected chi connectivity index (χ4v) is 1.92. The van der Waals surface area contributed by atoms with Gasteiger partial charge in [0.1, 0.15) is 5.76 Å². The van der Waals surface area contributed by atoms with Gasteiger partial charge in [0.15, 0.2) is 23.3 Å². The van der Waals surface area contributed by atoms with Crippen LogP contribution in [0.1, 0.15) is 18.2 Å². The Kier molecular flexibility index (Phi) is 4.22. The summed E-state index contributed by atoms with van der Waals surface area (Å²) < 4.78 is 32.6.